The zero-order chi connectivity index (χ0) is 14.7. The van der Waals surface area contributed by atoms with Crippen molar-refractivity contribution in [1.29, 1.82) is 0 Å². The third-order valence-corrected chi connectivity index (χ3v) is 3.31. The summed E-state index contributed by atoms with van der Waals surface area (Å²) in [6, 6.07) is 12.2. The minimum absolute atomic E-state index is 0.00385. The molecule has 0 aliphatic heterocycles. The molecule has 0 radical (unpaired) electrons. The number of hydrogen-bond donors (Lipinski definition) is 1. The van der Waals surface area contributed by atoms with Crippen LogP contribution in [0.1, 0.15) is 5.69 Å². The molecule has 0 aliphatic carbocycles. The number of benzene rings is 1. The van der Waals surface area contributed by atoms with E-state index in [1.165, 1.54) is 12.1 Å². The van der Waals surface area contributed by atoms with Gasteiger partial charge in [0.05, 0.1) is 18.8 Å². The number of halogens is 1. The minimum atomic E-state index is -0.287. The largest absolute Gasteiger partial charge is 0.395 e. The average Bonchev–Trinajstić information content (AvgIpc) is 2.89. The molecule has 0 atom stereocenters. The summed E-state index contributed by atoms with van der Waals surface area (Å²) in [5.74, 6) is -0.287. The molecule has 1 N–H and O–H groups in total. The van der Waals surface area contributed by atoms with Crippen LogP contribution in [0.3, 0.4) is 0 Å². The lowest BCUT2D eigenvalue weighted by Gasteiger charge is -2.22. The third kappa shape index (κ3) is 3.03. The first-order valence-corrected chi connectivity index (χ1v) is 6.80. The van der Waals surface area contributed by atoms with E-state index in [4.69, 9.17) is 0 Å². The Morgan fingerprint density at radius 3 is 2.86 bits per heavy atom. The summed E-state index contributed by atoms with van der Waals surface area (Å²) in [6.07, 6.45) is 3.88. The third-order valence-electron chi connectivity index (χ3n) is 3.31. The lowest BCUT2D eigenvalue weighted by atomic mass is 10.2. The average molecular weight is 285 g/mol. The molecule has 4 nitrogen and oxygen atoms in total. The van der Waals surface area contributed by atoms with Crippen molar-refractivity contribution >= 4 is 11.3 Å². The van der Waals surface area contributed by atoms with E-state index in [1.807, 2.05) is 46.0 Å². The number of aromatic nitrogens is 2. The van der Waals surface area contributed by atoms with Crippen molar-refractivity contribution < 1.29 is 9.50 Å². The van der Waals surface area contributed by atoms with Crippen LogP contribution < -0.4 is 4.90 Å². The zero-order valence-electron chi connectivity index (χ0n) is 11.5. The molecule has 0 saturated carbocycles. The van der Waals surface area contributed by atoms with Crippen LogP contribution in [0.4, 0.5) is 10.1 Å². The van der Waals surface area contributed by atoms with Crippen molar-refractivity contribution in [3.8, 4) is 0 Å². The highest BCUT2D eigenvalue weighted by Gasteiger charge is 2.10. The van der Waals surface area contributed by atoms with Crippen molar-refractivity contribution in [1.82, 2.24) is 9.38 Å². The Morgan fingerprint density at radius 2 is 2.10 bits per heavy atom. The van der Waals surface area contributed by atoms with Gasteiger partial charge in [-0.15, -0.1) is 0 Å². The fourth-order valence-corrected chi connectivity index (χ4v) is 2.35. The smallest absolute Gasteiger partial charge is 0.137 e. The summed E-state index contributed by atoms with van der Waals surface area (Å²) in [5.41, 5.74) is 2.48. The minimum Gasteiger partial charge on any atom is -0.395 e. The predicted octanol–water partition coefficient (Wildman–Crippen LogP) is 2.47. The van der Waals surface area contributed by atoms with Crippen molar-refractivity contribution in [3.05, 3.63) is 66.4 Å². The van der Waals surface area contributed by atoms with Crippen LogP contribution >= 0.6 is 0 Å². The topological polar surface area (TPSA) is 40.8 Å². The molecule has 0 saturated heterocycles. The number of fused-ring (bicyclic) bond motifs is 1. The van der Waals surface area contributed by atoms with Crippen molar-refractivity contribution in [2.45, 2.75) is 6.54 Å². The molecule has 0 fully saturated rings. The van der Waals surface area contributed by atoms with Crippen molar-refractivity contribution in [2.75, 3.05) is 18.1 Å². The van der Waals surface area contributed by atoms with E-state index in [0.29, 0.717) is 13.1 Å². The summed E-state index contributed by atoms with van der Waals surface area (Å²) < 4.78 is 15.3. The van der Waals surface area contributed by atoms with Gasteiger partial charge in [0.25, 0.3) is 0 Å². The van der Waals surface area contributed by atoms with Gasteiger partial charge < -0.3 is 14.4 Å². The SMILES string of the molecule is OCCN(Cc1cn2ccccc2n1)c1cccc(F)c1. The van der Waals surface area contributed by atoms with Gasteiger partial charge in [-0.1, -0.05) is 12.1 Å². The van der Waals surface area contributed by atoms with Crippen LogP contribution in [0.5, 0.6) is 0 Å². The fourth-order valence-electron chi connectivity index (χ4n) is 2.35. The van der Waals surface area contributed by atoms with E-state index in [1.54, 1.807) is 6.07 Å². The number of hydrogen-bond acceptors (Lipinski definition) is 3. The second kappa shape index (κ2) is 5.93. The highest BCUT2D eigenvalue weighted by molar-refractivity contribution is 5.47. The molecule has 2 aromatic heterocycles. The van der Waals surface area contributed by atoms with Crippen LogP contribution in [-0.4, -0.2) is 27.6 Å². The van der Waals surface area contributed by atoms with Gasteiger partial charge in [0.1, 0.15) is 11.5 Å². The predicted molar refractivity (Wildman–Crippen MR) is 79.7 cm³/mol. The molecule has 3 aromatic rings. The van der Waals surface area contributed by atoms with Gasteiger partial charge in [-0.05, 0) is 30.3 Å². The Kier molecular flexibility index (Phi) is 3.83. The molecule has 0 amide bonds. The Hall–Kier alpha value is -2.40. The van der Waals surface area contributed by atoms with Crippen LogP contribution in [0.2, 0.25) is 0 Å². The number of pyridine rings is 1. The van der Waals surface area contributed by atoms with Crippen LogP contribution in [0, 0.1) is 5.82 Å². The van der Waals surface area contributed by atoms with E-state index in [2.05, 4.69) is 4.98 Å². The maximum atomic E-state index is 13.4. The first-order chi connectivity index (χ1) is 10.3. The van der Waals surface area contributed by atoms with E-state index < -0.39 is 0 Å². The summed E-state index contributed by atoms with van der Waals surface area (Å²) >= 11 is 0. The summed E-state index contributed by atoms with van der Waals surface area (Å²) in [5, 5.41) is 9.22. The van der Waals surface area contributed by atoms with E-state index in [0.717, 1.165) is 17.0 Å². The molecule has 3 rings (SSSR count). The Bertz CT molecular complexity index is 708. The first kappa shape index (κ1) is 13.6. The normalized spacial score (nSPS) is 11.0. The van der Waals surface area contributed by atoms with E-state index >= 15 is 0 Å². The fraction of sp³-hybridized carbons (Fsp3) is 0.188. The molecule has 0 bridgehead atoms. The van der Waals surface area contributed by atoms with Crippen LogP contribution in [-0.2, 0) is 6.54 Å². The lowest BCUT2D eigenvalue weighted by Crippen LogP contribution is -2.26. The Labute approximate surface area is 122 Å². The number of rotatable bonds is 5. The molecule has 0 unspecified atom stereocenters. The van der Waals surface area contributed by atoms with Crippen LogP contribution in [0.15, 0.2) is 54.9 Å². The number of imidazole rings is 1. The molecule has 2 heterocycles. The highest BCUT2D eigenvalue weighted by atomic mass is 19.1. The molecule has 5 heteroatoms. The molecule has 0 aliphatic rings. The van der Waals surface area contributed by atoms with Gasteiger partial charge in [0, 0.05) is 24.6 Å². The Balaban J connectivity index is 1.87. The molecule has 1 aromatic carbocycles. The molecule has 108 valence electrons. The van der Waals surface area contributed by atoms with Gasteiger partial charge in [0.15, 0.2) is 0 Å². The van der Waals surface area contributed by atoms with Gasteiger partial charge in [-0.25, -0.2) is 9.37 Å². The Morgan fingerprint density at radius 1 is 1.19 bits per heavy atom. The molecular weight excluding hydrogens is 269 g/mol. The quantitative estimate of drug-likeness (QED) is 0.783. The first-order valence-electron chi connectivity index (χ1n) is 6.80. The maximum absolute atomic E-state index is 13.4. The van der Waals surface area contributed by atoms with Crippen molar-refractivity contribution in [3.63, 3.8) is 0 Å². The maximum Gasteiger partial charge on any atom is 0.137 e. The summed E-state index contributed by atoms with van der Waals surface area (Å²) in [4.78, 5) is 6.44. The van der Waals surface area contributed by atoms with Gasteiger partial charge in [0.2, 0.25) is 0 Å². The van der Waals surface area contributed by atoms with E-state index in [-0.39, 0.29) is 12.4 Å². The standard InChI is InChI=1S/C16H16FN3O/c17-13-4-3-5-15(10-13)19(8-9-21)11-14-12-20-7-2-1-6-16(20)18-14/h1-7,10,12,21H,8-9,11H2. The second-order valence-electron chi connectivity index (χ2n) is 4.82. The van der Waals surface area contributed by atoms with Crippen molar-refractivity contribution in [2.24, 2.45) is 0 Å². The van der Waals surface area contributed by atoms with E-state index in [9.17, 15) is 9.50 Å². The number of aliphatic hydroxyl groups is 1. The zero-order valence-corrected chi connectivity index (χ0v) is 11.5. The van der Waals surface area contributed by atoms with Gasteiger partial charge in [-0.3, -0.25) is 0 Å². The number of nitrogens with zero attached hydrogens (tertiary/aromatic N) is 3. The highest BCUT2D eigenvalue weighted by Crippen LogP contribution is 2.18. The lowest BCUT2D eigenvalue weighted by molar-refractivity contribution is 0.301. The molecular formula is C16H16FN3O. The molecule has 0 spiro atoms. The monoisotopic (exact) mass is 285 g/mol. The van der Waals surface area contributed by atoms with Crippen LogP contribution in [0.25, 0.3) is 5.65 Å². The number of anilines is 1. The second-order valence-corrected chi connectivity index (χ2v) is 4.82. The number of aliphatic hydroxyl groups excluding tert-OH is 1. The van der Waals surface area contributed by atoms with Gasteiger partial charge in [-0.2, -0.15) is 0 Å². The molecule has 21 heavy (non-hydrogen) atoms. The summed E-state index contributed by atoms with van der Waals surface area (Å²) in [7, 11) is 0. The summed E-state index contributed by atoms with van der Waals surface area (Å²) in [6.45, 7) is 0.951. The van der Waals surface area contributed by atoms with Gasteiger partial charge >= 0.3 is 0 Å².